The Morgan fingerprint density at radius 1 is 1.50 bits per heavy atom. The van der Waals surface area contributed by atoms with E-state index in [1.165, 1.54) is 0 Å². The first-order chi connectivity index (χ1) is 8.70. The van der Waals surface area contributed by atoms with Gasteiger partial charge in [-0.3, -0.25) is 0 Å². The summed E-state index contributed by atoms with van der Waals surface area (Å²) in [6.07, 6.45) is -0.743. The lowest BCUT2D eigenvalue weighted by Gasteiger charge is -2.11. The Hall–Kier alpha value is -1.59. The summed E-state index contributed by atoms with van der Waals surface area (Å²) in [5.74, 6) is 0. The Morgan fingerprint density at radius 2 is 2.22 bits per heavy atom. The number of alkyl carbamates (subject to hydrolysis) is 1. The largest absolute Gasteiger partial charge is 0.445 e. The van der Waals surface area contributed by atoms with Gasteiger partial charge in [0.15, 0.2) is 0 Å². The van der Waals surface area contributed by atoms with Crippen molar-refractivity contribution < 1.29 is 19.4 Å². The second-order valence-electron chi connectivity index (χ2n) is 4.32. The van der Waals surface area contributed by atoms with Gasteiger partial charge in [-0.15, -0.1) is 0 Å². The van der Waals surface area contributed by atoms with Gasteiger partial charge < -0.3 is 19.9 Å². The fraction of sp³-hybridized carbons (Fsp3) is 0.462. The number of aliphatic hydroxyl groups excluding tert-OH is 1. The van der Waals surface area contributed by atoms with Crippen LogP contribution in [0.5, 0.6) is 0 Å². The Labute approximate surface area is 106 Å². The fourth-order valence-electron chi connectivity index (χ4n) is 1.78. The van der Waals surface area contributed by atoms with Crippen LogP contribution in [0.1, 0.15) is 12.5 Å². The van der Waals surface area contributed by atoms with Crippen LogP contribution in [0.2, 0.25) is 0 Å². The van der Waals surface area contributed by atoms with Crippen molar-refractivity contribution >= 4 is 6.09 Å². The van der Waals surface area contributed by atoms with E-state index in [0.29, 0.717) is 0 Å². The summed E-state index contributed by atoms with van der Waals surface area (Å²) in [6.45, 7) is 2.05. The van der Waals surface area contributed by atoms with Crippen molar-refractivity contribution in [3.8, 4) is 0 Å². The number of benzene rings is 1. The van der Waals surface area contributed by atoms with E-state index in [2.05, 4.69) is 5.32 Å². The van der Waals surface area contributed by atoms with Gasteiger partial charge in [0.05, 0.1) is 12.6 Å². The molecule has 98 valence electrons. The van der Waals surface area contributed by atoms with Crippen LogP contribution < -0.4 is 5.32 Å². The van der Waals surface area contributed by atoms with Crippen LogP contribution in [0.3, 0.4) is 0 Å². The second kappa shape index (κ2) is 5.84. The van der Waals surface area contributed by atoms with E-state index >= 15 is 0 Å². The minimum Gasteiger partial charge on any atom is -0.445 e. The van der Waals surface area contributed by atoms with E-state index in [9.17, 15) is 4.79 Å². The number of epoxide rings is 1. The van der Waals surface area contributed by atoms with Gasteiger partial charge in [0, 0.05) is 0 Å². The molecule has 1 heterocycles. The van der Waals surface area contributed by atoms with Crippen LogP contribution in [0, 0.1) is 0 Å². The van der Waals surface area contributed by atoms with Crippen molar-refractivity contribution in [2.75, 3.05) is 6.61 Å². The number of ether oxygens (including phenoxy) is 2. The van der Waals surface area contributed by atoms with E-state index in [0.717, 1.165) is 5.56 Å². The predicted octanol–water partition coefficient (Wildman–Crippen LogP) is 1.06. The first-order valence-corrected chi connectivity index (χ1v) is 5.94. The van der Waals surface area contributed by atoms with E-state index in [1.807, 2.05) is 37.3 Å². The van der Waals surface area contributed by atoms with Gasteiger partial charge in [-0.25, -0.2) is 4.79 Å². The number of hydrogen-bond acceptors (Lipinski definition) is 4. The lowest BCUT2D eigenvalue weighted by atomic mass is 10.2. The topological polar surface area (TPSA) is 71.1 Å². The molecule has 0 aliphatic carbocycles. The molecule has 5 nitrogen and oxygen atoms in total. The Balaban J connectivity index is 1.69. The van der Waals surface area contributed by atoms with E-state index in [4.69, 9.17) is 14.6 Å². The molecular weight excluding hydrogens is 234 g/mol. The van der Waals surface area contributed by atoms with E-state index < -0.39 is 6.09 Å². The third-order valence-corrected chi connectivity index (χ3v) is 2.85. The Bertz CT molecular complexity index is 395. The molecule has 5 heteroatoms. The van der Waals surface area contributed by atoms with Crippen LogP contribution >= 0.6 is 0 Å². The number of nitrogens with one attached hydrogen (secondary N) is 1. The van der Waals surface area contributed by atoms with Gasteiger partial charge >= 0.3 is 6.09 Å². The highest BCUT2D eigenvalue weighted by molar-refractivity contribution is 5.67. The number of amides is 1. The van der Waals surface area contributed by atoms with Crippen molar-refractivity contribution in [1.82, 2.24) is 5.32 Å². The number of carbonyl (C=O) groups excluding carboxylic acids is 1. The van der Waals surface area contributed by atoms with Gasteiger partial charge in [-0.1, -0.05) is 30.3 Å². The van der Waals surface area contributed by atoms with Gasteiger partial charge in [-0.05, 0) is 12.5 Å². The summed E-state index contributed by atoms with van der Waals surface area (Å²) in [4.78, 5) is 11.5. The molecule has 2 rings (SSSR count). The summed E-state index contributed by atoms with van der Waals surface area (Å²) in [6, 6.07) is 9.31. The molecule has 1 fully saturated rings. The summed E-state index contributed by atoms with van der Waals surface area (Å²) < 4.78 is 10.2. The molecule has 1 amide bonds. The van der Waals surface area contributed by atoms with Crippen molar-refractivity contribution in [2.24, 2.45) is 0 Å². The number of rotatable bonds is 5. The van der Waals surface area contributed by atoms with Crippen LogP contribution in [0.25, 0.3) is 0 Å². The standard InChI is InChI=1S/C13H17NO4/c1-9(12-11(7-15)18-12)14-13(16)17-8-10-5-3-2-4-6-10/h2-6,9,11-12,15H,7-8H2,1H3,(H,14,16)/t9-,11-,12+/m0/s1. The third kappa shape index (κ3) is 3.45. The highest BCUT2D eigenvalue weighted by Crippen LogP contribution is 2.24. The maximum Gasteiger partial charge on any atom is 0.407 e. The zero-order valence-electron chi connectivity index (χ0n) is 10.2. The summed E-state index contributed by atoms with van der Waals surface area (Å²) in [7, 11) is 0. The minimum absolute atomic E-state index is 0.0181. The lowest BCUT2D eigenvalue weighted by Crippen LogP contribution is -2.37. The highest BCUT2D eigenvalue weighted by Gasteiger charge is 2.43. The van der Waals surface area contributed by atoms with Crippen LogP contribution in [-0.4, -0.2) is 36.1 Å². The molecule has 1 aromatic rings. The van der Waals surface area contributed by atoms with Crippen molar-refractivity contribution in [1.29, 1.82) is 0 Å². The zero-order valence-corrected chi connectivity index (χ0v) is 10.2. The second-order valence-corrected chi connectivity index (χ2v) is 4.32. The molecule has 1 aromatic carbocycles. The third-order valence-electron chi connectivity index (χ3n) is 2.85. The molecule has 0 radical (unpaired) electrons. The summed E-state index contributed by atoms with van der Waals surface area (Å²) >= 11 is 0. The first-order valence-electron chi connectivity index (χ1n) is 5.94. The molecule has 2 N–H and O–H groups in total. The smallest absolute Gasteiger partial charge is 0.407 e. The predicted molar refractivity (Wildman–Crippen MR) is 65.0 cm³/mol. The molecule has 18 heavy (non-hydrogen) atoms. The van der Waals surface area contributed by atoms with E-state index in [-0.39, 0.29) is 31.5 Å². The molecule has 1 aliphatic rings. The summed E-state index contributed by atoms with van der Waals surface area (Å²) in [5.41, 5.74) is 0.941. The SMILES string of the molecule is C[C@H](NC(=O)OCc1ccccc1)[C@H]1O[C@H]1CO. The van der Waals surface area contributed by atoms with Crippen molar-refractivity contribution in [2.45, 2.75) is 31.8 Å². The molecular formula is C13H17NO4. The zero-order chi connectivity index (χ0) is 13.0. The van der Waals surface area contributed by atoms with Gasteiger partial charge in [-0.2, -0.15) is 0 Å². The lowest BCUT2D eigenvalue weighted by molar-refractivity contribution is 0.134. The molecule has 1 saturated heterocycles. The maximum atomic E-state index is 11.5. The average Bonchev–Trinajstić information content (AvgIpc) is 3.17. The molecule has 0 spiro atoms. The summed E-state index contributed by atoms with van der Waals surface area (Å²) in [5, 5.41) is 11.5. The number of aliphatic hydroxyl groups is 1. The molecule has 3 atom stereocenters. The Kier molecular flexibility index (Phi) is 4.17. The first kappa shape index (κ1) is 12.9. The van der Waals surface area contributed by atoms with Crippen LogP contribution in [0.15, 0.2) is 30.3 Å². The normalized spacial score (nSPS) is 23.2. The molecule has 1 aliphatic heterocycles. The fourth-order valence-corrected chi connectivity index (χ4v) is 1.78. The monoisotopic (exact) mass is 251 g/mol. The molecule has 0 bridgehead atoms. The minimum atomic E-state index is -0.474. The average molecular weight is 251 g/mol. The Morgan fingerprint density at radius 3 is 2.83 bits per heavy atom. The van der Waals surface area contributed by atoms with Gasteiger partial charge in [0.2, 0.25) is 0 Å². The number of carbonyl (C=O) groups is 1. The van der Waals surface area contributed by atoms with Crippen molar-refractivity contribution in [3.05, 3.63) is 35.9 Å². The molecule has 0 unspecified atom stereocenters. The van der Waals surface area contributed by atoms with Gasteiger partial charge in [0.1, 0.15) is 18.8 Å². The van der Waals surface area contributed by atoms with Gasteiger partial charge in [0.25, 0.3) is 0 Å². The van der Waals surface area contributed by atoms with E-state index in [1.54, 1.807) is 0 Å². The molecule has 0 saturated carbocycles. The maximum absolute atomic E-state index is 11.5. The number of hydrogen-bond donors (Lipinski definition) is 2. The highest BCUT2D eigenvalue weighted by atomic mass is 16.6. The quantitative estimate of drug-likeness (QED) is 0.768. The van der Waals surface area contributed by atoms with Crippen molar-refractivity contribution in [3.63, 3.8) is 0 Å². The molecule has 0 aromatic heterocycles. The van der Waals surface area contributed by atoms with Crippen LogP contribution in [-0.2, 0) is 16.1 Å². The van der Waals surface area contributed by atoms with Crippen LogP contribution in [0.4, 0.5) is 4.79 Å².